The molecule has 0 aromatic heterocycles. The number of hydrogen-bond donors (Lipinski definition) is 2. The lowest BCUT2D eigenvalue weighted by atomic mass is 10.1. The van der Waals surface area contributed by atoms with Crippen LogP contribution in [0, 0.1) is 6.92 Å². The van der Waals surface area contributed by atoms with E-state index in [-0.39, 0.29) is 17.5 Å². The van der Waals surface area contributed by atoms with E-state index in [0.717, 1.165) is 28.8 Å². The summed E-state index contributed by atoms with van der Waals surface area (Å²) in [6.07, 6.45) is 2.48. The Bertz CT molecular complexity index is 764. The highest BCUT2D eigenvalue weighted by Crippen LogP contribution is 2.21. The maximum absolute atomic E-state index is 12.7. The topological polar surface area (TPSA) is 58.2 Å². The summed E-state index contributed by atoms with van der Waals surface area (Å²) in [4.78, 5) is 24.1. The van der Waals surface area contributed by atoms with E-state index in [9.17, 15) is 9.59 Å². The van der Waals surface area contributed by atoms with Crippen molar-refractivity contribution in [2.45, 2.75) is 27.2 Å². The molecule has 124 valence electrons. The quantitative estimate of drug-likeness (QED) is 0.825. The van der Waals surface area contributed by atoms with Crippen molar-refractivity contribution in [1.29, 1.82) is 0 Å². The summed E-state index contributed by atoms with van der Waals surface area (Å²) in [6, 6.07) is 15.3. The maximum Gasteiger partial charge on any atom is 0.272 e. The number of rotatable bonds is 5. The van der Waals surface area contributed by atoms with E-state index in [1.807, 2.05) is 62.4 Å². The number of amides is 2. The van der Waals surface area contributed by atoms with Gasteiger partial charge in [-0.15, -0.1) is 0 Å². The number of aryl methyl sites for hydroxylation is 2. The van der Waals surface area contributed by atoms with Gasteiger partial charge in [-0.2, -0.15) is 0 Å². The van der Waals surface area contributed by atoms with Crippen molar-refractivity contribution in [3.05, 3.63) is 70.9 Å². The second-order valence-electron chi connectivity index (χ2n) is 5.57. The summed E-state index contributed by atoms with van der Waals surface area (Å²) in [5, 5.41) is 5.55. The highest BCUT2D eigenvalue weighted by Gasteiger charge is 2.14. The van der Waals surface area contributed by atoms with E-state index in [1.54, 1.807) is 6.08 Å². The molecule has 2 aromatic carbocycles. The summed E-state index contributed by atoms with van der Waals surface area (Å²) < 4.78 is 0. The third-order valence-corrected chi connectivity index (χ3v) is 3.64. The largest absolute Gasteiger partial charge is 0.322 e. The van der Waals surface area contributed by atoms with Gasteiger partial charge in [0.15, 0.2) is 0 Å². The van der Waals surface area contributed by atoms with Crippen molar-refractivity contribution < 1.29 is 9.59 Å². The fourth-order valence-electron chi connectivity index (χ4n) is 2.45. The van der Waals surface area contributed by atoms with Crippen LogP contribution in [-0.4, -0.2) is 11.8 Å². The Morgan fingerprint density at radius 2 is 1.75 bits per heavy atom. The van der Waals surface area contributed by atoms with E-state index >= 15 is 0 Å². The summed E-state index contributed by atoms with van der Waals surface area (Å²) in [5.41, 5.74) is 3.92. The number of carbonyl (C=O) groups excluding carboxylic acids is 2. The number of nitrogens with one attached hydrogen (secondary N) is 2. The van der Waals surface area contributed by atoms with Crippen molar-refractivity contribution >= 4 is 23.6 Å². The Balaban J connectivity index is 2.33. The molecule has 4 heteroatoms. The van der Waals surface area contributed by atoms with Crippen molar-refractivity contribution in [2.24, 2.45) is 0 Å². The average Bonchev–Trinajstić information content (AvgIpc) is 2.56. The molecule has 0 bridgehead atoms. The first-order chi connectivity index (χ1) is 11.5. The zero-order valence-electron chi connectivity index (χ0n) is 14.2. The highest BCUT2D eigenvalue weighted by atomic mass is 16.2. The Labute approximate surface area is 142 Å². The summed E-state index contributed by atoms with van der Waals surface area (Å²) in [6.45, 7) is 5.38. The van der Waals surface area contributed by atoms with Crippen LogP contribution in [0.1, 0.15) is 30.5 Å². The Morgan fingerprint density at radius 3 is 2.38 bits per heavy atom. The maximum atomic E-state index is 12.7. The van der Waals surface area contributed by atoms with Crippen molar-refractivity contribution in [3.8, 4) is 0 Å². The SMILES string of the molecule is CCc1cccc(C)c1NC(=O)C(=Cc1ccccc1)NC(C)=O. The number of hydrogen-bond acceptors (Lipinski definition) is 2. The lowest BCUT2D eigenvalue weighted by molar-refractivity contribution is -0.120. The number of anilines is 1. The molecule has 0 aliphatic carbocycles. The van der Waals surface area contributed by atoms with Gasteiger partial charge in [0.2, 0.25) is 5.91 Å². The van der Waals surface area contributed by atoms with Crippen molar-refractivity contribution in [1.82, 2.24) is 5.32 Å². The van der Waals surface area contributed by atoms with Crippen molar-refractivity contribution in [2.75, 3.05) is 5.32 Å². The second-order valence-corrected chi connectivity index (χ2v) is 5.57. The normalized spacial score (nSPS) is 11.0. The van der Waals surface area contributed by atoms with Crippen LogP contribution in [0.3, 0.4) is 0 Å². The number of benzene rings is 2. The van der Waals surface area contributed by atoms with Gasteiger partial charge in [-0.1, -0.05) is 55.5 Å². The van der Waals surface area contributed by atoms with Gasteiger partial charge in [-0.25, -0.2) is 0 Å². The minimum atomic E-state index is -0.335. The van der Waals surface area contributed by atoms with E-state index in [1.165, 1.54) is 6.92 Å². The molecule has 0 atom stereocenters. The number of para-hydroxylation sites is 1. The molecule has 4 nitrogen and oxygen atoms in total. The molecular formula is C20H22N2O2. The standard InChI is InChI=1S/C20H22N2O2/c1-4-17-12-8-9-14(2)19(17)22-20(24)18(21-15(3)23)13-16-10-6-5-7-11-16/h5-13H,4H2,1-3H3,(H,21,23)(H,22,24). The molecule has 2 N–H and O–H groups in total. The third kappa shape index (κ3) is 4.56. The first kappa shape index (κ1) is 17.5. The average molecular weight is 322 g/mol. The van der Waals surface area contributed by atoms with Gasteiger partial charge in [0.25, 0.3) is 5.91 Å². The summed E-state index contributed by atoms with van der Waals surface area (Å²) in [5.74, 6) is -0.620. The van der Waals surface area contributed by atoms with Crippen LogP contribution in [-0.2, 0) is 16.0 Å². The minimum absolute atomic E-state index is 0.221. The number of carbonyl (C=O) groups is 2. The smallest absolute Gasteiger partial charge is 0.272 e. The summed E-state index contributed by atoms with van der Waals surface area (Å²) in [7, 11) is 0. The van der Waals surface area contributed by atoms with Crippen LogP contribution in [0.15, 0.2) is 54.2 Å². The molecule has 0 spiro atoms. The molecule has 0 heterocycles. The second kappa shape index (κ2) is 8.11. The Morgan fingerprint density at radius 1 is 1.04 bits per heavy atom. The zero-order valence-corrected chi connectivity index (χ0v) is 14.2. The van der Waals surface area contributed by atoms with Crippen LogP contribution in [0.2, 0.25) is 0 Å². The first-order valence-electron chi connectivity index (χ1n) is 7.95. The first-order valence-corrected chi connectivity index (χ1v) is 7.95. The van der Waals surface area contributed by atoms with Gasteiger partial charge in [0, 0.05) is 12.6 Å². The molecule has 0 aliphatic heterocycles. The zero-order chi connectivity index (χ0) is 17.5. The van der Waals surface area contributed by atoms with E-state index in [2.05, 4.69) is 10.6 Å². The molecule has 0 fully saturated rings. The fourth-order valence-corrected chi connectivity index (χ4v) is 2.45. The monoisotopic (exact) mass is 322 g/mol. The lowest BCUT2D eigenvalue weighted by Crippen LogP contribution is -2.29. The van der Waals surface area contributed by atoms with Gasteiger partial charge >= 0.3 is 0 Å². The van der Waals surface area contributed by atoms with E-state index < -0.39 is 0 Å². The van der Waals surface area contributed by atoms with E-state index in [4.69, 9.17) is 0 Å². The molecule has 0 radical (unpaired) electrons. The van der Waals surface area contributed by atoms with Crippen LogP contribution in [0.4, 0.5) is 5.69 Å². The van der Waals surface area contributed by atoms with Crippen LogP contribution < -0.4 is 10.6 Å². The predicted octanol–water partition coefficient (Wildman–Crippen LogP) is 3.67. The molecule has 24 heavy (non-hydrogen) atoms. The van der Waals surface area contributed by atoms with Gasteiger partial charge in [0.1, 0.15) is 5.70 Å². The molecule has 2 amide bonds. The molecule has 2 rings (SSSR count). The minimum Gasteiger partial charge on any atom is -0.322 e. The van der Waals surface area contributed by atoms with Gasteiger partial charge in [-0.05, 0) is 36.1 Å². The van der Waals surface area contributed by atoms with Gasteiger partial charge in [-0.3, -0.25) is 9.59 Å². The lowest BCUT2D eigenvalue weighted by Gasteiger charge is -2.15. The molecule has 0 saturated heterocycles. The van der Waals surface area contributed by atoms with Crippen LogP contribution in [0.5, 0.6) is 0 Å². The summed E-state index contributed by atoms with van der Waals surface area (Å²) >= 11 is 0. The molecule has 0 unspecified atom stereocenters. The third-order valence-electron chi connectivity index (χ3n) is 3.64. The highest BCUT2D eigenvalue weighted by molar-refractivity contribution is 6.09. The molecule has 0 aliphatic rings. The Hall–Kier alpha value is -2.88. The van der Waals surface area contributed by atoms with Gasteiger partial charge < -0.3 is 10.6 Å². The molecule has 0 saturated carbocycles. The van der Waals surface area contributed by atoms with Crippen LogP contribution >= 0.6 is 0 Å². The fraction of sp³-hybridized carbons (Fsp3) is 0.200. The predicted molar refractivity (Wildman–Crippen MR) is 97.4 cm³/mol. The van der Waals surface area contributed by atoms with Gasteiger partial charge in [0.05, 0.1) is 0 Å². The Kier molecular flexibility index (Phi) is 5.90. The van der Waals surface area contributed by atoms with Crippen molar-refractivity contribution in [3.63, 3.8) is 0 Å². The van der Waals surface area contributed by atoms with Crippen LogP contribution in [0.25, 0.3) is 6.08 Å². The van der Waals surface area contributed by atoms with E-state index in [0.29, 0.717) is 0 Å². The molecule has 2 aromatic rings. The molecular weight excluding hydrogens is 300 g/mol.